The highest BCUT2D eigenvalue weighted by molar-refractivity contribution is 5.81. The van der Waals surface area contributed by atoms with Crippen molar-refractivity contribution in [3.8, 4) is 0 Å². The lowest BCUT2D eigenvalue weighted by molar-refractivity contribution is 0.343. The maximum Gasteiger partial charge on any atom is 0.123 e. The number of hydrogen-bond acceptors (Lipinski definition) is 2. The number of rotatable bonds is 9. The van der Waals surface area contributed by atoms with Crippen molar-refractivity contribution in [2.45, 2.75) is 64.7 Å². The van der Waals surface area contributed by atoms with Gasteiger partial charge in [0.1, 0.15) is 5.82 Å². The van der Waals surface area contributed by atoms with Gasteiger partial charge in [0.05, 0.1) is 0 Å². The molecule has 0 bridgehead atoms. The van der Waals surface area contributed by atoms with E-state index in [1.807, 2.05) is 0 Å². The monoisotopic (exact) mass is 380 g/mol. The Morgan fingerprint density at radius 2 is 1.96 bits per heavy atom. The predicted molar refractivity (Wildman–Crippen MR) is 117 cm³/mol. The maximum absolute atomic E-state index is 13.2. The van der Waals surface area contributed by atoms with E-state index in [2.05, 4.69) is 31.0 Å². The molecule has 0 amide bonds. The number of hydrogen-bond donors (Lipinski definition) is 2. The van der Waals surface area contributed by atoms with Crippen LogP contribution in [0.25, 0.3) is 0 Å². The van der Waals surface area contributed by atoms with E-state index in [1.165, 1.54) is 56.0 Å². The normalized spacial score (nSPS) is 22.9. The van der Waals surface area contributed by atoms with Crippen LogP contribution < -0.4 is 5.32 Å². The van der Waals surface area contributed by atoms with E-state index in [0.717, 1.165) is 48.6 Å². The number of benzene rings is 1. The molecule has 1 aromatic rings. The summed E-state index contributed by atoms with van der Waals surface area (Å²) < 4.78 is 13.2. The second-order valence-corrected chi connectivity index (χ2v) is 8.36. The Morgan fingerprint density at radius 1 is 1.25 bits per heavy atom. The molecule has 1 atom stereocenters. The number of allylic oxidation sites excluding steroid dienone is 4. The van der Waals surface area contributed by atoms with Crippen molar-refractivity contribution in [3.63, 3.8) is 0 Å². The average molecular weight is 381 g/mol. The van der Waals surface area contributed by atoms with Crippen molar-refractivity contribution in [3.05, 3.63) is 65.7 Å². The summed E-state index contributed by atoms with van der Waals surface area (Å²) in [6, 6.07) is 6.41. The van der Waals surface area contributed by atoms with Gasteiger partial charge in [-0.3, -0.25) is 0 Å². The molecular weight excluding hydrogens is 347 g/mol. The second-order valence-electron chi connectivity index (χ2n) is 8.36. The average Bonchev–Trinajstić information content (AvgIpc) is 3.23. The summed E-state index contributed by atoms with van der Waals surface area (Å²) in [6.07, 6.45) is 16.6. The summed E-state index contributed by atoms with van der Waals surface area (Å²) in [5.41, 5.74) is 4.18. The predicted octanol–water partition coefficient (Wildman–Crippen LogP) is 7.41. The van der Waals surface area contributed by atoms with Crippen LogP contribution in [0.15, 0.2) is 59.8 Å². The second kappa shape index (κ2) is 9.36. The van der Waals surface area contributed by atoms with Gasteiger partial charge in [0.25, 0.3) is 0 Å². The fraction of sp³-hybridized carbons (Fsp3) is 0.480. The molecule has 0 heterocycles. The lowest BCUT2D eigenvalue weighted by Gasteiger charge is -2.39. The van der Waals surface area contributed by atoms with E-state index < -0.39 is 0 Å². The molecule has 1 saturated carbocycles. The molecule has 1 unspecified atom stereocenters. The molecule has 3 rings (SSSR count). The Labute approximate surface area is 169 Å². The largest absolute Gasteiger partial charge is 0.355 e. The van der Waals surface area contributed by atoms with Crippen LogP contribution in [-0.4, -0.2) is 6.21 Å². The molecule has 0 aromatic heterocycles. The Bertz CT molecular complexity index is 753. The summed E-state index contributed by atoms with van der Waals surface area (Å²) in [5.74, 6) is 0.612. The summed E-state index contributed by atoms with van der Waals surface area (Å²) in [5, 5.41) is 11.4. The van der Waals surface area contributed by atoms with Crippen LogP contribution in [0.2, 0.25) is 0 Å². The van der Waals surface area contributed by atoms with Gasteiger partial charge in [-0.25, -0.2) is 4.39 Å². The van der Waals surface area contributed by atoms with Crippen molar-refractivity contribution in [1.82, 2.24) is 0 Å². The summed E-state index contributed by atoms with van der Waals surface area (Å²) >= 11 is 0. The van der Waals surface area contributed by atoms with Gasteiger partial charge in [-0.15, -0.1) is 6.58 Å². The molecule has 2 nitrogen and oxygen atoms in total. The van der Waals surface area contributed by atoms with Crippen molar-refractivity contribution in [2.75, 3.05) is 5.32 Å². The summed E-state index contributed by atoms with van der Waals surface area (Å²) in [4.78, 5) is 0. The zero-order chi connectivity index (χ0) is 20.0. The van der Waals surface area contributed by atoms with Crippen LogP contribution in [0.3, 0.4) is 0 Å². The topological polar surface area (TPSA) is 35.9 Å². The molecule has 0 aliphatic heterocycles. The van der Waals surface area contributed by atoms with Gasteiger partial charge in [0.2, 0.25) is 0 Å². The third-order valence-corrected chi connectivity index (χ3v) is 6.49. The zero-order valence-corrected chi connectivity index (χ0v) is 17.1. The van der Waals surface area contributed by atoms with E-state index in [9.17, 15) is 4.39 Å². The van der Waals surface area contributed by atoms with Gasteiger partial charge in [-0.05, 0) is 67.5 Å². The minimum Gasteiger partial charge on any atom is -0.355 e. The standard InChI is InChI=1S/C25H33FN2/c1-3-7-21-16-24(28-23-12-10-22(26)11-13-23)20(18-27)17-25(21,4-2)15-14-19-8-5-6-9-19/h4,10-13,16,18-19,27-28H,2-3,5-9,14-15,17H2,1H3. The highest BCUT2D eigenvalue weighted by Crippen LogP contribution is 2.47. The van der Waals surface area contributed by atoms with Crippen molar-refractivity contribution in [1.29, 1.82) is 5.41 Å². The third kappa shape index (κ3) is 4.63. The van der Waals surface area contributed by atoms with Gasteiger partial charge in [-0.1, -0.05) is 50.7 Å². The summed E-state index contributed by atoms with van der Waals surface area (Å²) in [6.45, 7) is 6.44. The van der Waals surface area contributed by atoms with E-state index >= 15 is 0 Å². The van der Waals surface area contributed by atoms with E-state index in [4.69, 9.17) is 5.41 Å². The van der Waals surface area contributed by atoms with Crippen LogP contribution in [0.1, 0.15) is 64.7 Å². The SMILES string of the molecule is C=CC1(CCC2CCCC2)CC(C=N)=C(Nc2ccc(F)cc2)C=C1CCC. The van der Waals surface area contributed by atoms with Crippen LogP contribution >= 0.6 is 0 Å². The van der Waals surface area contributed by atoms with E-state index in [0.29, 0.717) is 0 Å². The molecule has 0 radical (unpaired) electrons. The van der Waals surface area contributed by atoms with Gasteiger partial charge in [0, 0.05) is 23.0 Å². The first-order valence-electron chi connectivity index (χ1n) is 10.7. The highest BCUT2D eigenvalue weighted by atomic mass is 19.1. The molecular formula is C25H33FN2. The fourth-order valence-corrected chi connectivity index (χ4v) is 4.80. The van der Waals surface area contributed by atoms with Crippen LogP contribution in [0.4, 0.5) is 10.1 Å². The molecule has 150 valence electrons. The molecule has 2 aliphatic rings. The smallest absolute Gasteiger partial charge is 0.123 e. The van der Waals surface area contributed by atoms with Crippen LogP contribution in [0, 0.1) is 22.6 Å². The molecule has 0 spiro atoms. The minimum atomic E-state index is -0.241. The fourth-order valence-electron chi connectivity index (χ4n) is 4.80. The molecule has 28 heavy (non-hydrogen) atoms. The number of nitrogens with one attached hydrogen (secondary N) is 2. The molecule has 2 N–H and O–H groups in total. The van der Waals surface area contributed by atoms with Crippen molar-refractivity contribution < 1.29 is 4.39 Å². The molecule has 1 aromatic carbocycles. The zero-order valence-electron chi connectivity index (χ0n) is 17.1. The highest BCUT2D eigenvalue weighted by Gasteiger charge is 2.35. The Morgan fingerprint density at radius 3 is 2.57 bits per heavy atom. The lowest BCUT2D eigenvalue weighted by Crippen LogP contribution is -2.28. The minimum absolute atomic E-state index is 0.0422. The van der Waals surface area contributed by atoms with E-state index in [1.54, 1.807) is 12.1 Å². The first-order valence-corrected chi connectivity index (χ1v) is 10.7. The number of anilines is 1. The van der Waals surface area contributed by atoms with Crippen molar-refractivity contribution >= 4 is 11.9 Å². The Balaban J connectivity index is 1.86. The lowest BCUT2D eigenvalue weighted by atomic mass is 9.66. The van der Waals surface area contributed by atoms with Crippen molar-refractivity contribution in [2.24, 2.45) is 11.3 Å². The van der Waals surface area contributed by atoms with Gasteiger partial charge in [-0.2, -0.15) is 0 Å². The Hall–Kier alpha value is -2.16. The van der Waals surface area contributed by atoms with Gasteiger partial charge >= 0.3 is 0 Å². The third-order valence-electron chi connectivity index (χ3n) is 6.49. The van der Waals surface area contributed by atoms with Crippen LogP contribution in [0.5, 0.6) is 0 Å². The maximum atomic E-state index is 13.2. The van der Waals surface area contributed by atoms with Crippen LogP contribution in [-0.2, 0) is 0 Å². The molecule has 2 aliphatic carbocycles. The molecule has 3 heteroatoms. The number of halogens is 1. The molecule has 1 fully saturated rings. The quantitative estimate of drug-likeness (QED) is 0.339. The van der Waals surface area contributed by atoms with Gasteiger partial charge < -0.3 is 10.7 Å². The first kappa shape index (κ1) is 20.6. The van der Waals surface area contributed by atoms with E-state index in [-0.39, 0.29) is 11.2 Å². The Kier molecular flexibility index (Phi) is 6.88. The van der Waals surface area contributed by atoms with Gasteiger partial charge in [0.15, 0.2) is 0 Å². The summed E-state index contributed by atoms with van der Waals surface area (Å²) in [7, 11) is 0. The first-order chi connectivity index (χ1) is 13.6. The molecule has 0 saturated heterocycles.